The normalized spacial score (nSPS) is 16.5. The summed E-state index contributed by atoms with van der Waals surface area (Å²) in [6, 6.07) is 10.3. The van der Waals surface area contributed by atoms with E-state index in [2.05, 4.69) is 25.5 Å². The fourth-order valence-corrected chi connectivity index (χ4v) is 3.61. The number of para-hydroxylation sites is 1. The van der Waals surface area contributed by atoms with Crippen molar-refractivity contribution in [3.63, 3.8) is 0 Å². The SMILES string of the molecule is O=C(NCc1ccc(Cl)cc1N1CCC(O)C1)Nc1cccc2[nH]c(=O)[nH]c12. The van der Waals surface area contributed by atoms with Crippen LogP contribution in [0.1, 0.15) is 12.0 Å². The number of aromatic nitrogens is 2. The van der Waals surface area contributed by atoms with Crippen LogP contribution in [0.2, 0.25) is 5.02 Å². The molecule has 1 aromatic heterocycles. The molecule has 0 spiro atoms. The number of aliphatic hydroxyl groups is 1. The summed E-state index contributed by atoms with van der Waals surface area (Å²) >= 11 is 6.14. The van der Waals surface area contributed by atoms with Gasteiger partial charge in [0.05, 0.1) is 22.8 Å². The summed E-state index contributed by atoms with van der Waals surface area (Å²) in [5, 5.41) is 16.0. The largest absolute Gasteiger partial charge is 0.391 e. The number of H-pyrrole nitrogens is 2. The van der Waals surface area contributed by atoms with E-state index >= 15 is 0 Å². The lowest BCUT2D eigenvalue weighted by molar-refractivity contribution is 0.198. The molecule has 1 atom stereocenters. The molecule has 0 saturated carbocycles. The first-order chi connectivity index (χ1) is 13.5. The highest BCUT2D eigenvalue weighted by atomic mass is 35.5. The van der Waals surface area contributed by atoms with E-state index in [9.17, 15) is 14.7 Å². The van der Waals surface area contributed by atoms with Crippen molar-refractivity contribution in [2.75, 3.05) is 23.3 Å². The number of fused-ring (bicyclic) bond motifs is 1. The predicted octanol–water partition coefficient (Wildman–Crippen LogP) is 2.40. The second-order valence-corrected chi connectivity index (χ2v) is 7.21. The minimum Gasteiger partial charge on any atom is -0.391 e. The van der Waals surface area contributed by atoms with Gasteiger partial charge >= 0.3 is 11.7 Å². The maximum absolute atomic E-state index is 12.4. The average Bonchev–Trinajstić information content (AvgIpc) is 3.26. The molecule has 9 heteroatoms. The van der Waals surface area contributed by atoms with E-state index in [4.69, 9.17) is 11.6 Å². The first-order valence-corrected chi connectivity index (χ1v) is 9.35. The van der Waals surface area contributed by atoms with Crippen molar-refractivity contribution in [1.82, 2.24) is 15.3 Å². The maximum atomic E-state index is 12.4. The fourth-order valence-electron chi connectivity index (χ4n) is 3.45. The summed E-state index contributed by atoms with van der Waals surface area (Å²) in [6.07, 6.45) is 0.353. The number of aromatic amines is 2. The Morgan fingerprint density at radius 1 is 1.29 bits per heavy atom. The number of carbonyl (C=O) groups excluding carboxylic acids is 1. The number of hydrogen-bond acceptors (Lipinski definition) is 4. The highest BCUT2D eigenvalue weighted by Crippen LogP contribution is 2.28. The third-order valence-electron chi connectivity index (χ3n) is 4.79. The van der Waals surface area contributed by atoms with Gasteiger partial charge in [0.2, 0.25) is 0 Å². The zero-order chi connectivity index (χ0) is 19.7. The molecular weight excluding hydrogens is 382 g/mol. The van der Waals surface area contributed by atoms with Gasteiger partial charge < -0.3 is 30.6 Å². The molecule has 0 radical (unpaired) electrons. The summed E-state index contributed by atoms with van der Waals surface area (Å²) in [4.78, 5) is 31.2. The zero-order valence-corrected chi connectivity index (χ0v) is 15.7. The topological polar surface area (TPSA) is 113 Å². The second kappa shape index (κ2) is 7.57. The highest BCUT2D eigenvalue weighted by molar-refractivity contribution is 6.30. The van der Waals surface area contributed by atoms with Crippen molar-refractivity contribution >= 4 is 40.0 Å². The monoisotopic (exact) mass is 401 g/mol. The third-order valence-corrected chi connectivity index (χ3v) is 5.03. The Morgan fingerprint density at radius 3 is 2.93 bits per heavy atom. The quantitative estimate of drug-likeness (QED) is 0.462. The van der Waals surface area contributed by atoms with E-state index in [0.29, 0.717) is 41.3 Å². The van der Waals surface area contributed by atoms with Gasteiger partial charge in [-0.1, -0.05) is 23.7 Å². The van der Waals surface area contributed by atoms with Crippen LogP contribution in [-0.4, -0.2) is 40.3 Å². The predicted molar refractivity (Wildman–Crippen MR) is 109 cm³/mol. The molecule has 3 aromatic rings. The molecule has 1 unspecified atom stereocenters. The Morgan fingerprint density at radius 2 is 2.14 bits per heavy atom. The van der Waals surface area contributed by atoms with Gasteiger partial charge in [-0.25, -0.2) is 9.59 Å². The van der Waals surface area contributed by atoms with Crippen LogP contribution in [0.3, 0.4) is 0 Å². The second-order valence-electron chi connectivity index (χ2n) is 6.78. The van der Waals surface area contributed by atoms with Crippen molar-refractivity contribution in [1.29, 1.82) is 0 Å². The van der Waals surface area contributed by atoms with Gasteiger partial charge in [0.25, 0.3) is 0 Å². The average molecular weight is 402 g/mol. The van der Waals surface area contributed by atoms with Crippen LogP contribution < -0.4 is 21.2 Å². The van der Waals surface area contributed by atoms with E-state index in [1.54, 1.807) is 24.3 Å². The Bertz CT molecular complexity index is 1080. The number of benzene rings is 2. The van der Waals surface area contributed by atoms with Gasteiger partial charge in [-0.3, -0.25) is 0 Å². The number of imidazole rings is 1. The molecule has 4 rings (SSSR count). The number of amides is 2. The molecular formula is C19H20ClN5O3. The Hall–Kier alpha value is -2.97. The van der Waals surface area contributed by atoms with Crippen LogP contribution in [-0.2, 0) is 6.54 Å². The molecule has 146 valence electrons. The molecule has 0 bridgehead atoms. The summed E-state index contributed by atoms with van der Waals surface area (Å²) < 4.78 is 0. The summed E-state index contributed by atoms with van der Waals surface area (Å²) in [6.45, 7) is 1.58. The number of urea groups is 1. The lowest BCUT2D eigenvalue weighted by atomic mass is 10.1. The molecule has 2 aromatic carbocycles. The lowest BCUT2D eigenvalue weighted by Gasteiger charge is -2.22. The van der Waals surface area contributed by atoms with E-state index < -0.39 is 6.03 Å². The number of anilines is 2. The van der Waals surface area contributed by atoms with Gasteiger partial charge in [-0.2, -0.15) is 0 Å². The molecule has 0 aliphatic carbocycles. The van der Waals surface area contributed by atoms with Gasteiger partial charge in [-0.15, -0.1) is 0 Å². The van der Waals surface area contributed by atoms with E-state index in [-0.39, 0.29) is 11.8 Å². The number of halogens is 1. The number of rotatable bonds is 4. The molecule has 1 saturated heterocycles. The Labute approximate surface area is 165 Å². The van der Waals surface area contributed by atoms with Crippen LogP contribution in [0.15, 0.2) is 41.2 Å². The number of aliphatic hydroxyl groups excluding tert-OH is 1. The van der Waals surface area contributed by atoms with Gasteiger partial charge in [0.15, 0.2) is 0 Å². The molecule has 1 aliphatic heterocycles. The first-order valence-electron chi connectivity index (χ1n) is 8.97. The number of nitrogens with one attached hydrogen (secondary N) is 4. The van der Waals surface area contributed by atoms with Gasteiger partial charge in [0.1, 0.15) is 0 Å². The molecule has 2 amide bonds. The van der Waals surface area contributed by atoms with E-state index in [0.717, 1.165) is 17.8 Å². The maximum Gasteiger partial charge on any atom is 0.323 e. The van der Waals surface area contributed by atoms with Crippen molar-refractivity contribution < 1.29 is 9.90 Å². The number of β-amino-alcohol motifs (C(OH)–C–C–N with tert-alkyl or cyclic N) is 1. The Balaban J connectivity index is 1.47. The molecule has 28 heavy (non-hydrogen) atoms. The third kappa shape index (κ3) is 3.83. The Kier molecular flexibility index (Phi) is 4.97. The summed E-state index contributed by atoms with van der Waals surface area (Å²) in [7, 11) is 0. The minimum atomic E-state index is -0.392. The summed E-state index contributed by atoms with van der Waals surface area (Å²) in [5.41, 5.74) is 3.15. The molecule has 5 N–H and O–H groups in total. The van der Waals surface area contributed by atoms with Crippen LogP contribution in [0.5, 0.6) is 0 Å². The molecule has 1 fully saturated rings. The number of carbonyl (C=O) groups is 1. The van der Waals surface area contributed by atoms with Crippen molar-refractivity contribution in [3.8, 4) is 0 Å². The number of hydrogen-bond donors (Lipinski definition) is 5. The van der Waals surface area contributed by atoms with Gasteiger partial charge in [-0.05, 0) is 36.2 Å². The van der Waals surface area contributed by atoms with Crippen LogP contribution >= 0.6 is 11.6 Å². The number of nitrogens with zero attached hydrogens (tertiary/aromatic N) is 1. The molecule has 1 aliphatic rings. The van der Waals surface area contributed by atoms with Crippen molar-refractivity contribution in [3.05, 3.63) is 57.5 Å². The molecule has 8 nitrogen and oxygen atoms in total. The standard InChI is InChI=1S/C19H20ClN5O3/c20-12-5-4-11(16(8-12)25-7-6-13(26)10-25)9-21-18(27)22-14-2-1-3-15-17(14)24-19(28)23-15/h1-5,8,13,26H,6-7,9-10H2,(H2,21,22,27)(H2,23,24,28). The smallest absolute Gasteiger partial charge is 0.323 e. The van der Waals surface area contributed by atoms with Crippen molar-refractivity contribution in [2.24, 2.45) is 0 Å². The van der Waals surface area contributed by atoms with Crippen LogP contribution in [0.25, 0.3) is 11.0 Å². The van der Waals surface area contributed by atoms with Crippen molar-refractivity contribution in [2.45, 2.75) is 19.1 Å². The van der Waals surface area contributed by atoms with E-state index in [1.807, 2.05) is 12.1 Å². The highest BCUT2D eigenvalue weighted by Gasteiger charge is 2.22. The first kappa shape index (κ1) is 18.4. The van der Waals surface area contributed by atoms with E-state index in [1.165, 1.54) is 0 Å². The lowest BCUT2D eigenvalue weighted by Crippen LogP contribution is -2.30. The van der Waals surface area contributed by atoms with Crippen LogP contribution in [0.4, 0.5) is 16.2 Å². The minimum absolute atomic E-state index is 0.296. The zero-order valence-electron chi connectivity index (χ0n) is 15.0. The fraction of sp³-hybridized carbons (Fsp3) is 0.263. The summed E-state index contributed by atoms with van der Waals surface area (Å²) in [5.74, 6) is 0. The van der Waals surface area contributed by atoms with Gasteiger partial charge in [0, 0.05) is 30.3 Å². The molecule has 2 heterocycles. The van der Waals surface area contributed by atoms with Crippen LogP contribution in [0, 0.1) is 0 Å².